The van der Waals surface area contributed by atoms with Crippen molar-refractivity contribution in [2.45, 2.75) is 6.04 Å². The van der Waals surface area contributed by atoms with Crippen molar-refractivity contribution in [3.63, 3.8) is 0 Å². The van der Waals surface area contributed by atoms with Crippen LogP contribution >= 0.6 is 11.8 Å². The zero-order valence-electron chi connectivity index (χ0n) is 6.17. The lowest BCUT2D eigenvalue weighted by Crippen LogP contribution is -2.42. The van der Waals surface area contributed by atoms with E-state index in [1.54, 1.807) is 11.8 Å². The number of hydrogen-bond donors (Lipinski definition) is 3. The molecule has 1 aliphatic rings. The highest BCUT2D eigenvalue weighted by Crippen LogP contribution is 2.08. The molecule has 0 aromatic carbocycles. The Morgan fingerprint density at radius 3 is 3.18 bits per heavy atom. The summed E-state index contributed by atoms with van der Waals surface area (Å²) >= 11 is 1.71. The molecule has 0 radical (unpaired) electrons. The van der Waals surface area contributed by atoms with Crippen molar-refractivity contribution in [2.75, 3.05) is 24.8 Å². The number of hydrogen-bond acceptors (Lipinski definition) is 4. The summed E-state index contributed by atoms with van der Waals surface area (Å²) in [6, 6.07) is -0.0634. The summed E-state index contributed by atoms with van der Waals surface area (Å²) in [6.45, 7) is 0.354. The molecule has 0 bridgehead atoms. The highest BCUT2D eigenvalue weighted by Gasteiger charge is 2.21. The summed E-state index contributed by atoms with van der Waals surface area (Å²) in [5.41, 5.74) is 0. The normalized spacial score (nSPS) is 23.5. The molecule has 1 amide bonds. The Kier molecular flexibility index (Phi) is 3.68. The van der Waals surface area contributed by atoms with Gasteiger partial charge in [-0.05, 0) is 0 Å². The summed E-state index contributed by atoms with van der Waals surface area (Å²) in [4.78, 5) is 11.1. The molecule has 0 saturated carbocycles. The van der Waals surface area contributed by atoms with Crippen molar-refractivity contribution in [3.05, 3.63) is 0 Å². The van der Waals surface area contributed by atoms with Crippen molar-refractivity contribution in [1.82, 2.24) is 10.6 Å². The van der Waals surface area contributed by atoms with Gasteiger partial charge in [0.25, 0.3) is 0 Å². The standard InChI is InChI=1S/C6H12N2O2S/c9-2-1-7-6(10)5-3-11-4-8-5/h5,8-9H,1-4H2,(H,7,10). The fraction of sp³-hybridized carbons (Fsp3) is 0.833. The molecule has 11 heavy (non-hydrogen) atoms. The van der Waals surface area contributed by atoms with Crippen LogP contribution in [0, 0.1) is 0 Å². The molecule has 1 rings (SSSR count). The topological polar surface area (TPSA) is 61.4 Å². The number of amides is 1. The van der Waals surface area contributed by atoms with E-state index in [-0.39, 0.29) is 18.6 Å². The lowest BCUT2D eigenvalue weighted by molar-refractivity contribution is -0.122. The molecule has 1 unspecified atom stereocenters. The van der Waals surface area contributed by atoms with E-state index in [1.165, 1.54) is 0 Å². The number of carbonyl (C=O) groups is 1. The predicted octanol–water partition coefficient (Wildman–Crippen LogP) is -1.24. The van der Waals surface area contributed by atoms with E-state index in [9.17, 15) is 4.79 Å². The molecule has 4 nitrogen and oxygen atoms in total. The number of carbonyl (C=O) groups excluding carboxylic acids is 1. The van der Waals surface area contributed by atoms with Crippen LogP contribution in [0.2, 0.25) is 0 Å². The van der Waals surface area contributed by atoms with Gasteiger partial charge in [0.2, 0.25) is 5.91 Å². The second kappa shape index (κ2) is 4.58. The van der Waals surface area contributed by atoms with Crippen molar-refractivity contribution in [2.24, 2.45) is 0 Å². The lowest BCUT2D eigenvalue weighted by Gasteiger charge is -2.08. The maximum atomic E-state index is 11.1. The van der Waals surface area contributed by atoms with E-state index in [1.807, 2.05) is 0 Å². The first kappa shape index (κ1) is 8.83. The number of rotatable bonds is 3. The highest BCUT2D eigenvalue weighted by molar-refractivity contribution is 7.99. The fourth-order valence-electron chi connectivity index (χ4n) is 0.866. The number of nitrogens with one attached hydrogen (secondary N) is 2. The van der Waals surface area contributed by atoms with Crippen molar-refractivity contribution < 1.29 is 9.90 Å². The molecule has 0 aliphatic carbocycles. The van der Waals surface area contributed by atoms with E-state index < -0.39 is 0 Å². The Morgan fingerprint density at radius 2 is 2.64 bits per heavy atom. The minimum absolute atomic E-state index is 0.00556. The summed E-state index contributed by atoms with van der Waals surface area (Å²) in [6.07, 6.45) is 0. The first-order chi connectivity index (χ1) is 5.34. The van der Waals surface area contributed by atoms with Crippen molar-refractivity contribution >= 4 is 17.7 Å². The largest absolute Gasteiger partial charge is 0.395 e. The van der Waals surface area contributed by atoms with Crippen LogP contribution in [0.1, 0.15) is 0 Å². The zero-order valence-corrected chi connectivity index (χ0v) is 6.99. The van der Waals surface area contributed by atoms with Crippen LogP contribution in [0.15, 0.2) is 0 Å². The quantitative estimate of drug-likeness (QED) is 0.503. The Balaban J connectivity index is 2.17. The molecular weight excluding hydrogens is 164 g/mol. The fourth-order valence-corrected chi connectivity index (χ4v) is 1.81. The van der Waals surface area contributed by atoms with Gasteiger partial charge in [-0.15, -0.1) is 11.8 Å². The Hall–Kier alpha value is -0.260. The third kappa shape index (κ3) is 2.69. The van der Waals surface area contributed by atoms with Gasteiger partial charge in [0.1, 0.15) is 0 Å². The van der Waals surface area contributed by atoms with Crippen molar-refractivity contribution in [3.8, 4) is 0 Å². The van der Waals surface area contributed by atoms with E-state index in [0.29, 0.717) is 6.54 Å². The van der Waals surface area contributed by atoms with Gasteiger partial charge in [0, 0.05) is 18.2 Å². The van der Waals surface area contributed by atoms with Crippen LogP contribution < -0.4 is 10.6 Å². The minimum atomic E-state index is -0.0634. The van der Waals surface area contributed by atoms with E-state index in [0.717, 1.165) is 11.6 Å². The molecule has 5 heteroatoms. The molecule has 1 fully saturated rings. The maximum Gasteiger partial charge on any atom is 0.238 e. The van der Waals surface area contributed by atoms with Gasteiger partial charge in [-0.1, -0.05) is 0 Å². The number of aliphatic hydroxyl groups excluding tert-OH is 1. The van der Waals surface area contributed by atoms with E-state index in [2.05, 4.69) is 10.6 Å². The maximum absolute atomic E-state index is 11.1. The van der Waals surface area contributed by atoms with Crippen LogP contribution in [0.5, 0.6) is 0 Å². The Labute approximate surface area is 69.7 Å². The molecule has 1 aliphatic heterocycles. The smallest absolute Gasteiger partial charge is 0.238 e. The van der Waals surface area contributed by atoms with Gasteiger partial charge in [-0.2, -0.15) is 0 Å². The Bertz CT molecular complexity index is 137. The third-order valence-electron chi connectivity index (χ3n) is 1.44. The van der Waals surface area contributed by atoms with Crippen molar-refractivity contribution in [1.29, 1.82) is 0 Å². The molecule has 64 valence electrons. The van der Waals surface area contributed by atoms with Crippen LogP contribution in [0.4, 0.5) is 0 Å². The van der Waals surface area contributed by atoms with Crippen LogP contribution in [0.3, 0.4) is 0 Å². The van der Waals surface area contributed by atoms with Gasteiger partial charge < -0.3 is 10.4 Å². The lowest BCUT2D eigenvalue weighted by atomic mass is 10.3. The molecular formula is C6H12N2O2S. The van der Waals surface area contributed by atoms with E-state index in [4.69, 9.17) is 5.11 Å². The molecule has 1 saturated heterocycles. The number of thioether (sulfide) groups is 1. The molecule has 1 heterocycles. The van der Waals surface area contributed by atoms with Crippen LogP contribution in [-0.2, 0) is 4.79 Å². The molecule has 0 spiro atoms. The van der Waals surface area contributed by atoms with Gasteiger partial charge in [0.05, 0.1) is 12.6 Å². The molecule has 0 aromatic heterocycles. The average Bonchev–Trinajstić information content (AvgIpc) is 2.52. The zero-order chi connectivity index (χ0) is 8.10. The third-order valence-corrected chi connectivity index (χ3v) is 2.38. The predicted molar refractivity (Wildman–Crippen MR) is 44.3 cm³/mol. The second-order valence-electron chi connectivity index (χ2n) is 2.29. The summed E-state index contributed by atoms with van der Waals surface area (Å²) < 4.78 is 0. The molecule has 0 aromatic rings. The number of aliphatic hydroxyl groups is 1. The van der Waals surface area contributed by atoms with E-state index >= 15 is 0 Å². The molecule has 1 atom stereocenters. The average molecular weight is 176 g/mol. The summed E-state index contributed by atoms with van der Waals surface area (Å²) in [5, 5.41) is 14.1. The van der Waals surface area contributed by atoms with Gasteiger partial charge in [0.15, 0.2) is 0 Å². The van der Waals surface area contributed by atoms with Gasteiger partial charge in [-0.3, -0.25) is 10.1 Å². The van der Waals surface area contributed by atoms with Crippen LogP contribution in [-0.4, -0.2) is 41.8 Å². The monoisotopic (exact) mass is 176 g/mol. The SMILES string of the molecule is O=C(NCCO)C1CSCN1. The minimum Gasteiger partial charge on any atom is -0.395 e. The first-order valence-corrected chi connectivity index (χ1v) is 4.70. The second-order valence-corrected chi connectivity index (χ2v) is 3.32. The van der Waals surface area contributed by atoms with Gasteiger partial charge in [-0.25, -0.2) is 0 Å². The first-order valence-electron chi connectivity index (χ1n) is 3.54. The summed E-state index contributed by atoms with van der Waals surface area (Å²) in [7, 11) is 0. The molecule has 3 N–H and O–H groups in total. The van der Waals surface area contributed by atoms with Crippen LogP contribution in [0.25, 0.3) is 0 Å². The summed E-state index contributed by atoms with van der Waals surface area (Å²) in [5.74, 6) is 1.66. The highest BCUT2D eigenvalue weighted by atomic mass is 32.2. The van der Waals surface area contributed by atoms with Gasteiger partial charge >= 0.3 is 0 Å². The Morgan fingerprint density at radius 1 is 1.82 bits per heavy atom.